The predicted molar refractivity (Wildman–Crippen MR) is 48.3 cm³/mol. The van der Waals surface area contributed by atoms with E-state index in [0.29, 0.717) is 4.24 Å². The number of carboxylic acids is 2. The van der Waals surface area contributed by atoms with E-state index in [9.17, 15) is 9.59 Å². The van der Waals surface area contributed by atoms with Gasteiger partial charge in [0.15, 0.2) is 5.57 Å². The van der Waals surface area contributed by atoms with Crippen LogP contribution in [0.4, 0.5) is 0 Å². The van der Waals surface area contributed by atoms with Crippen molar-refractivity contribution in [1.82, 2.24) is 0 Å². The fourth-order valence-corrected chi connectivity index (χ4v) is 3.23. The maximum absolute atomic E-state index is 10.5. The Morgan fingerprint density at radius 2 is 1.54 bits per heavy atom. The summed E-state index contributed by atoms with van der Waals surface area (Å²) in [7, 11) is 0. The third-order valence-corrected chi connectivity index (χ3v) is 3.90. The minimum absolute atomic E-state index is 0. The van der Waals surface area contributed by atoms with Crippen LogP contribution in [0.15, 0.2) is 9.81 Å². The maximum atomic E-state index is 10.5. The van der Waals surface area contributed by atoms with Crippen LogP contribution in [0.3, 0.4) is 0 Å². The summed E-state index contributed by atoms with van der Waals surface area (Å²) in [5.74, 6) is -1.16. The van der Waals surface area contributed by atoms with E-state index in [0.717, 1.165) is 11.5 Å². The van der Waals surface area contributed by atoms with Crippen LogP contribution >= 0.6 is 23.5 Å². The second-order valence-corrected chi connectivity index (χ2v) is 4.44. The smallest absolute Gasteiger partial charge is 1.00 e. The van der Waals surface area contributed by atoms with Gasteiger partial charge in [0.25, 0.3) is 0 Å². The standard InChI is InChI=1S/C6H6O4S2.K.H/c7-4(8)3(5(9)10)6-11-1-2-12-6;;/h1-2H2,(H,7,8)(H,9,10);;/q;+1;-1. The van der Waals surface area contributed by atoms with E-state index in [1.807, 2.05) is 0 Å². The summed E-state index contributed by atoms with van der Waals surface area (Å²) in [6.45, 7) is 0. The van der Waals surface area contributed by atoms with Crippen LogP contribution < -0.4 is 51.4 Å². The summed E-state index contributed by atoms with van der Waals surface area (Å²) in [6.07, 6.45) is 0. The number of carbonyl (C=O) groups is 2. The molecule has 0 aromatic carbocycles. The SMILES string of the molecule is O=C(O)C(C(=O)O)=C1SCCS1.[H-].[K+]. The van der Waals surface area contributed by atoms with E-state index in [1.165, 1.54) is 23.5 Å². The largest absolute Gasteiger partial charge is 1.00 e. The molecule has 0 spiro atoms. The molecule has 68 valence electrons. The van der Waals surface area contributed by atoms with Crippen LogP contribution in [0, 0.1) is 0 Å². The molecular formula is C6H7KO4S2. The van der Waals surface area contributed by atoms with Crippen molar-refractivity contribution in [2.45, 2.75) is 0 Å². The van der Waals surface area contributed by atoms with Crippen molar-refractivity contribution in [1.29, 1.82) is 0 Å². The van der Waals surface area contributed by atoms with Crippen LogP contribution in [0.2, 0.25) is 0 Å². The zero-order valence-electron chi connectivity index (χ0n) is 7.94. The average molecular weight is 246 g/mol. The van der Waals surface area contributed by atoms with Crippen molar-refractivity contribution >= 4 is 35.5 Å². The fourth-order valence-electron chi connectivity index (χ4n) is 0.721. The second-order valence-electron chi connectivity index (χ2n) is 1.97. The van der Waals surface area contributed by atoms with E-state index in [4.69, 9.17) is 10.2 Å². The van der Waals surface area contributed by atoms with Crippen molar-refractivity contribution in [3.63, 3.8) is 0 Å². The van der Waals surface area contributed by atoms with E-state index in [-0.39, 0.29) is 52.8 Å². The zero-order valence-corrected chi connectivity index (χ0v) is 11.7. The average Bonchev–Trinajstić information content (AvgIpc) is 2.37. The number of aliphatic carboxylic acids is 2. The normalized spacial score (nSPS) is 14.9. The molecule has 7 heteroatoms. The van der Waals surface area contributed by atoms with Gasteiger partial charge in [-0.2, -0.15) is 0 Å². The Hall–Kier alpha value is 1.02. The van der Waals surface area contributed by atoms with Crippen LogP contribution in [-0.4, -0.2) is 33.7 Å². The molecule has 1 heterocycles. The summed E-state index contributed by atoms with van der Waals surface area (Å²) in [5.41, 5.74) is -0.498. The summed E-state index contributed by atoms with van der Waals surface area (Å²) in [4.78, 5) is 20.9. The molecule has 0 atom stereocenters. The van der Waals surface area contributed by atoms with Gasteiger partial charge in [0.05, 0.1) is 4.24 Å². The second kappa shape index (κ2) is 6.49. The van der Waals surface area contributed by atoms with Crippen molar-refractivity contribution in [3.05, 3.63) is 9.81 Å². The van der Waals surface area contributed by atoms with Gasteiger partial charge in [-0.15, -0.1) is 23.5 Å². The first-order chi connectivity index (χ1) is 5.63. The van der Waals surface area contributed by atoms with Gasteiger partial charge in [-0.1, -0.05) is 0 Å². The Morgan fingerprint density at radius 3 is 1.85 bits per heavy atom. The summed E-state index contributed by atoms with van der Waals surface area (Å²) in [5, 5.41) is 17.1. The van der Waals surface area contributed by atoms with Gasteiger partial charge in [-0.3, -0.25) is 0 Å². The van der Waals surface area contributed by atoms with Crippen molar-refractivity contribution in [3.8, 4) is 0 Å². The van der Waals surface area contributed by atoms with Crippen molar-refractivity contribution < 1.29 is 72.6 Å². The third-order valence-electron chi connectivity index (χ3n) is 1.18. The molecule has 0 radical (unpaired) electrons. The Bertz CT molecular complexity index is 245. The van der Waals surface area contributed by atoms with E-state index >= 15 is 0 Å². The molecule has 2 N–H and O–H groups in total. The number of hydrogen-bond acceptors (Lipinski definition) is 4. The molecule has 0 bridgehead atoms. The first-order valence-electron chi connectivity index (χ1n) is 3.09. The first-order valence-corrected chi connectivity index (χ1v) is 5.06. The monoisotopic (exact) mass is 246 g/mol. The Kier molecular flexibility index (Phi) is 7.00. The molecular weight excluding hydrogens is 239 g/mol. The number of hydrogen-bond donors (Lipinski definition) is 2. The minimum Gasteiger partial charge on any atom is -1.00 e. The molecule has 0 unspecified atom stereocenters. The van der Waals surface area contributed by atoms with Gasteiger partial charge in [-0.05, 0) is 0 Å². The molecule has 1 saturated heterocycles. The molecule has 0 aromatic heterocycles. The summed E-state index contributed by atoms with van der Waals surface area (Å²) in [6, 6.07) is 0. The fraction of sp³-hybridized carbons (Fsp3) is 0.333. The molecule has 0 aliphatic carbocycles. The quantitative estimate of drug-likeness (QED) is 0.253. The van der Waals surface area contributed by atoms with Gasteiger partial charge < -0.3 is 11.6 Å². The third kappa shape index (κ3) is 3.94. The Balaban J connectivity index is 0. The Morgan fingerprint density at radius 1 is 1.15 bits per heavy atom. The molecule has 1 aliphatic rings. The van der Waals surface area contributed by atoms with Crippen LogP contribution in [-0.2, 0) is 9.59 Å². The van der Waals surface area contributed by atoms with Gasteiger partial charge in [0.1, 0.15) is 0 Å². The molecule has 1 rings (SSSR count). The molecule has 0 saturated carbocycles. The molecule has 0 aromatic rings. The number of carboxylic acid groups (broad SMARTS) is 2. The van der Waals surface area contributed by atoms with Gasteiger partial charge in [0, 0.05) is 11.5 Å². The number of thioether (sulfide) groups is 2. The number of rotatable bonds is 2. The molecule has 13 heavy (non-hydrogen) atoms. The van der Waals surface area contributed by atoms with Crippen molar-refractivity contribution in [2.24, 2.45) is 0 Å². The Labute approximate surface area is 127 Å². The minimum atomic E-state index is -1.36. The zero-order chi connectivity index (χ0) is 9.14. The van der Waals surface area contributed by atoms with Crippen LogP contribution in [0.25, 0.3) is 0 Å². The van der Waals surface area contributed by atoms with E-state index in [2.05, 4.69) is 0 Å². The van der Waals surface area contributed by atoms with E-state index in [1.54, 1.807) is 0 Å². The molecule has 4 nitrogen and oxygen atoms in total. The maximum Gasteiger partial charge on any atom is 1.00 e. The van der Waals surface area contributed by atoms with Crippen LogP contribution in [0.5, 0.6) is 0 Å². The van der Waals surface area contributed by atoms with Crippen LogP contribution in [0.1, 0.15) is 1.43 Å². The topological polar surface area (TPSA) is 74.6 Å². The van der Waals surface area contributed by atoms with Gasteiger partial charge in [0.2, 0.25) is 0 Å². The predicted octanol–water partition coefficient (Wildman–Crippen LogP) is -2.04. The summed E-state index contributed by atoms with van der Waals surface area (Å²) < 4.78 is 0.412. The molecule has 1 fully saturated rings. The van der Waals surface area contributed by atoms with Gasteiger partial charge in [-0.25, -0.2) is 9.59 Å². The molecule has 0 amide bonds. The van der Waals surface area contributed by atoms with Gasteiger partial charge >= 0.3 is 63.3 Å². The summed E-state index contributed by atoms with van der Waals surface area (Å²) >= 11 is 2.58. The molecule has 1 aliphatic heterocycles. The first kappa shape index (κ1) is 14.0. The van der Waals surface area contributed by atoms with Crippen molar-refractivity contribution in [2.75, 3.05) is 11.5 Å². The van der Waals surface area contributed by atoms with E-state index < -0.39 is 17.5 Å².